The normalized spacial score (nSPS) is 25.0. The van der Waals surface area contributed by atoms with Crippen molar-refractivity contribution >= 4 is 11.8 Å². The zero-order chi connectivity index (χ0) is 17.5. The summed E-state index contributed by atoms with van der Waals surface area (Å²) in [4.78, 5) is 12.0. The van der Waals surface area contributed by atoms with Gasteiger partial charge in [0.25, 0.3) is 0 Å². The summed E-state index contributed by atoms with van der Waals surface area (Å²) in [5.41, 5.74) is 11.2. The Bertz CT molecular complexity index is 816. The molecule has 2 heterocycles. The molecular formula is C21H27N5. The quantitative estimate of drug-likeness (QED) is 0.829. The Morgan fingerprint density at radius 1 is 1.04 bits per heavy atom. The fourth-order valence-electron chi connectivity index (χ4n) is 5.13. The molecule has 1 aliphatic heterocycles. The zero-order valence-corrected chi connectivity index (χ0v) is 15.2. The molecule has 2 aromatic rings. The number of rotatable bonds is 1. The lowest BCUT2D eigenvalue weighted by Crippen LogP contribution is -2.59. The number of anilines is 2. The van der Waals surface area contributed by atoms with Gasteiger partial charge in [-0.2, -0.15) is 4.98 Å². The molecule has 1 saturated heterocycles. The van der Waals surface area contributed by atoms with E-state index in [0.29, 0.717) is 18.0 Å². The molecule has 5 heteroatoms. The van der Waals surface area contributed by atoms with Crippen molar-refractivity contribution in [3.8, 4) is 11.3 Å². The number of nitrogens with two attached hydrogens (primary N) is 1. The van der Waals surface area contributed by atoms with E-state index in [1.54, 1.807) is 0 Å². The molecule has 0 radical (unpaired) electrons. The Labute approximate surface area is 155 Å². The lowest BCUT2D eigenvalue weighted by atomic mass is 9.87. The van der Waals surface area contributed by atoms with Gasteiger partial charge in [-0.3, -0.25) is 0 Å². The van der Waals surface area contributed by atoms with E-state index in [1.165, 1.54) is 42.4 Å². The highest BCUT2D eigenvalue weighted by molar-refractivity contribution is 5.74. The van der Waals surface area contributed by atoms with Crippen LogP contribution in [0.5, 0.6) is 0 Å². The Hall–Kier alpha value is -2.14. The van der Waals surface area contributed by atoms with E-state index in [2.05, 4.69) is 34.5 Å². The first-order valence-corrected chi connectivity index (χ1v) is 10.1. The van der Waals surface area contributed by atoms with Crippen molar-refractivity contribution in [1.82, 2.24) is 15.3 Å². The van der Waals surface area contributed by atoms with Crippen LogP contribution in [0.4, 0.5) is 11.8 Å². The lowest BCUT2D eigenvalue weighted by Gasteiger charge is -2.46. The van der Waals surface area contributed by atoms with Crippen LogP contribution in [0, 0.1) is 0 Å². The van der Waals surface area contributed by atoms with Crippen molar-refractivity contribution in [2.24, 2.45) is 0 Å². The first-order valence-electron chi connectivity index (χ1n) is 10.1. The molecule has 136 valence electrons. The zero-order valence-electron chi connectivity index (χ0n) is 15.2. The highest BCUT2D eigenvalue weighted by Crippen LogP contribution is 2.38. The van der Waals surface area contributed by atoms with Crippen molar-refractivity contribution in [2.45, 2.75) is 57.0 Å². The minimum atomic E-state index is 0.404. The maximum absolute atomic E-state index is 6.20. The third-order valence-corrected chi connectivity index (χ3v) is 6.31. The molecule has 26 heavy (non-hydrogen) atoms. The Kier molecular flexibility index (Phi) is 4.04. The van der Waals surface area contributed by atoms with Gasteiger partial charge >= 0.3 is 0 Å². The molecule has 2 atom stereocenters. The van der Waals surface area contributed by atoms with Gasteiger partial charge in [0.05, 0.1) is 5.69 Å². The molecule has 5 rings (SSSR count). The van der Waals surface area contributed by atoms with Crippen LogP contribution in [-0.2, 0) is 12.8 Å². The number of hydrogen-bond acceptors (Lipinski definition) is 5. The molecule has 1 aromatic heterocycles. The maximum atomic E-state index is 6.20. The van der Waals surface area contributed by atoms with Crippen molar-refractivity contribution in [3.05, 3.63) is 35.4 Å². The molecule has 3 aliphatic rings. The van der Waals surface area contributed by atoms with Crippen LogP contribution in [-0.4, -0.2) is 35.1 Å². The standard InChI is InChI=1S/C21H27N5/c22-21-24-19-15-8-2-1-6-14(15)7-5-9-16(19)20(25-21)26-13-12-23-17-10-3-4-11-18(17)26/h1-2,6,8,17-18,23H,3-5,7,9-13H2,(H2,22,24,25). The SMILES string of the molecule is Nc1nc2c(c(N3CCNC4CCCCC43)n1)CCCc1ccccc1-2. The number of fused-ring (bicyclic) bond motifs is 4. The van der Waals surface area contributed by atoms with Crippen LogP contribution in [0.3, 0.4) is 0 Å². The second-order valence-electron chi connectivity index (χ2n) is 7.85. The summed E-state index contributed by atoms with van der Waals surface area (Å²) in [6.07, 6.45) is 8.43. The summed E-state index contributed by atoms with van der Waals surface area (Å²) in [7, 11) is 0. The van der Waals surface area contributed by atoms with Crippen LogP contribution in [0.25, 0.3) is 11.3 Å². The van der Waals surface area contributed by atoms with Crippen molar-refractivity contribution < 1.29 is 0 Å². The molecule has 1 saturated carbocycles. The number of nitrogens with one attached hydrogen (secondary N) is 1. The summed E-state index contributed by atoms with van der Waals surface area (Å²) >= 11 is 0. The second-order valence-corrected chi connectivity index (χ2v) is 7.85. The number of aryl methyl sites for hydroxylation is 1. The maximum Gasteiger partial charge on any atom is 0.222 e. The van der Waals surface area contributed by atoms with Gasteiger partial charge in [0.2, 0.25) is 5.95 Å². The third kappa shape index (κ3) is 2.65. The minimum absolute atomic E-state index is 0.404. The van der Waals surface area contributed by atoms with Gasteiger partial charge in [-0.25, -0.2) is 4.98 Å². The molecule has 3 N–H and O–H groups in total. The highest BCUT2D eigenvalue weighted by Gasteiger charge is 2.35. The average molecular weight is 349 g/mol. The van der Waals surface area contributed by atoms with Gasteiger partial charge in [-0.1, -0.05) is 37.1 Å². The summed E-state index contributed by atoms with van der Waals surface area (Å²) in [6.45, 7) is 2.03. The molecule has 5 nitrogen and oxygen atoms in total. The number of piperazine rings is 1. The van der Waals surface area contributed by atoms with E-state index >= 15 is 0 Å². The summed E-state index contributed by atoms with van der Waals surface area (Å²) < 4.78 is 0. The van der Waals surface area contributed by atoms with Gasteiger partial charge in [0.15, 0.2) is 0 Å². The second kappa shape index (κ2) is 6.54. The van der Waals surface area contributed by atoms with Gasteiger partial charge in [-0.05, 0) is 37.7 Å². The predicted molar refractivity (Wildman–Crippen MR) is 105 cm³/mol. The topological polar surface area (TPSA) is 67.1 Å². The summed E-state index contributed by atoms with van der Waals surface area (Å²) in [5.74, 6) is 1.50. The molecule has 1 aromatic carbocycles. The number of nitrogens with zero attached hydrogens (tertiary/aromatic N) is 3. The van der Waals surface area contributed by atoms with Gasteiger partial charge in [-0.15, -0.1) is 0 Å². The third-order valence-electron chi connectivity index (χ3n) is 6.31. The minimum Gasteiger partial charge on any atom is -0.368 e. The Morgan fingerprint density at radius 2 is 1.92 bits per heavy atom. The molecule has 0 bridgehead atoms. The van der Waals surface area contributed by atoms with Gasteiger partial charge in [0.1, 0.15) is 5.82 Å². The number of benzene rings is 1. The Balaban J connectivity index is 1.64. The molecule has 0 spiro atoms. The van der Waals surface area contributed by atoms with Crippen LogP contribution < -0.4 is 16.0 Å². The van der Waals surface area contributed by atoms with E-state index in [-0.39, 0.29) is 0 Å². The van der Waals surface area contributed by atoms with Gasteiger partial charge in [0, 0.05) is 36.3 Å². The van der Waals surface area contributed by atoms with E-state index in [9.17, 15) is 0 Å². The van der Waals surface area contributed by atoms with Gasteiger partial charge < -0.3 is 16.0 Å². The molecular weight excluding hydrogens is 322 g/mol. The molecule has 2 aliphatic carbocycles. The molecule has 0 amide bonds. The monoisotopic (exact) mass is 349 g/mol. The van der Waals surface area contributed by atoms with Crippen molar-refractivity contribution in [3.63, 3.8) is 0 Å². The smallest absolute Gasteiger partial charge is 0.222 e. The van der Waals surface area contributed by atoms with Crippen LogP contribution in [0.1, 0.15) is 43.2 Å². The van der Waals surface area contributed by atoms with Crippen LogP contribution in [0.15, 0.2) is 24.3 Å². The van der Waals surface area contributed by atoms with Crippen LogP contribution >= 0.6 is 0 Å². The average Bonchev–Trinajstić information content (AvgIpc) is 2.86. The summed E-state index contributed by atoms with van der Waals surface area (Å²) in [6, 6.07) is 9.77. The Morgan fingerprint density at radius 3 is 2.88 bits per heavy atom. The highest BCUT2D eigenvalue weighted by atomic mass is 15.3. The van der Waals surface area contributed by atoms with E-state index < -0.39 is 0 Å². The first kappa shape index (κ1) is 16.1. The van der Waals surface area contributed by atoms with Crippen molar-refractivity contribution in [2.75, 3.05) is 23.7 Å². The predicted octanol–water partition coefficient (Wildman–Crippen LogP) is 2.94. The fraction of sp³-hybridized carbons (Fsp3) is 0.524. The number of nitrogen functional groups attached to an aromatic ring is 1. The molecule has 2 fully saturated rings. The largest absolute Gasteiger partial charge is 0.368 e. The fourth-order valence-corrected chi connectivity index (χ4v) is 5.13. The van der Waals surface area contributed by atoms with E-state index in [4.69, 9.17) is 15.7 Å². The van der Waals surface area contributed by atoms with E-state index in [1.807, 2.05) is 0 Å². The number of aromatic nitrogens is 2. The summed E-state index contributed by atoms with van der Waals surface area (Å²) in [5, 5.41) is 3.73. The van der Waals surface area contributed by atoms with Crippen molar-refractivity contribution in [1.29, 1.82) is 0 Å². The first-order chi connectivity index (χ1) is 12.8. The molecule has 2 unspecified atom stereocenters. The van der Waals surface area contributed by atoms with Crippen LogP contribution in [0.2, 0.25) is 0 Å². The van der Waals surface area contributed by atoms with E-state index in [0.717, 1.165) is 43.9 Å². The number of hydrogen-bond donors (Lipinski definition) is 2. The lowest BCUT2D eigenvalue weighted by molar-refractivity contribution is 0.282.